The van der Waals surface area contributed by atoms with Crippen LogP contribution in [0.2, 0.25) is 0 Å². The number of alkyl halides is 3. The average molecular weight is 590 g/mol. The summed E-state index contributed by atoms with van der Waals surface area (Å²) in [6, 6.07) is 14.0. The Morgan fingerprint density at radius 1 is 1.05 bits per heavy atom. The van der Waals surface area contributed by atoms with Crippen molar-refractivity contribution in [2.45, 2.75) is 13.1 Å². The summed E-state index contributed by atoms with van der Waals surface area (Å²) in [7, 11) is 3.82. The fourth-order valence-corrected chi connectivity index (χ4v) is 5.05. The van der Waals surface area contributed by atoms with Crippen LogP contribution >= 0.6 is 24.0 Å². The minimum atomic E-state index is -4.75. The van der Waals surface area contributed by atoms with Crippen LogP contribution in [0.4, 0.5) is 30.2 Å². The molecule has 0 aromatic heterocycles. The smallest absolute Gasteiger partial charge is 0.416 e. The molecule has 0 bridgehead atoms. The number of hydrogen-bond acceptors (Lipinski definition) is 8. The first-order valence-corrected chi connectivity index (χ1v) is 13.0. The van der Waals surface area contributed by atoms with Crippen molar-refractivity contribution in [2.24, 2.45) is 0 Å². The number of anilines is 2. The molecule has 1 amide bonds. The number of hydrogen-bond donors (Lipinski definition) is 0. The normalized spacial score (nSPS) is 14.6. The fourth-order valence-electron chi connectivity index (χ4n) is 3.75. The van der Waals surface area contributed by atoms with Gasteiger partial charge >= 0.3 is 11.9 Å². The molecular formula is C27H22F3N3O5S2. The molecule has 1 heterocycles. The van der Waals surface area contributed by atoms with Gasteiger partial charge in [-0.3, -0.25) is 19.8 Å². The Balaban J connectivity index is 1.62. The van der Waals surface area contributed by atoms with Crippen molar-refractivity contribution < 1.29 is 32.4 Å². The van der Waals surface area contributed by atoms with Gasteiger partial charge < -0.3 is 14.4 Å². The number of halogens is 3. The van der Waals surface area contributed by atoms with Crippen molar-refractivity contribution in [1.29, 1.82) is 0 Å². The maximum absolute atomic E-state index is 13.2. The van der Waals surface area contributed by atoms with E-state index < -0.39 is 22.4 Å². The fraction of sp³-hybridized carbons (Fsp3) is 0.185. The maximum Gasteiger partial charge on any atom is 0.416 e. The molecule has 13 heteroatoms. The highest BCUT2D eigenvalue weighted by Crippen LogP contribution is 2.41. The number of benzene rings is 3. The first-order valence-electron chi connectivity index (χ1n) is 11.7. The Morgan fingerprint density at radius 2 is 1.73 bits per heavy atom. The van der Waals surface area contributed by atoms with Crippen LogP contribution in [0.1, 0.15) is 18.1 Å². The lowest BCUT2D eigenvalue weighted by molar-refractivity contribution is -0.385. The highest BCUT2D eigenvalue weighted by molar-refractivity contribution is 8.27. The standard InChI is InChI=1S/C27H22F3N3O5S2/c1-4-37-23-13-16(5-11-22(23)38-21-12-6-17(27(28,29)30)15-20(21)33(35)36)14-24-25(34)32(26(39)40-24)19-9-7-18(8-10-19)31(2)3/h5-15H,4H2,1-3H3/b24-14+. The maximum atomic E-state index is 13.2. The number of thioether (sulfide) groups is 1. The molecule has 1 saturated heterocycles. The van der Waals surface area contributed by atoms with E-state index in [1.165, 1.54) is 11.0 Å². The van der Waals surface area contributed by atoms with Gasteiger partial charge in [0, 0.05) is 25.8 Å². The second kappa shape index (κ2) is 11.6. The van der Waals surface area contributed by atoms with Crippen LogP contribution in [0, 0.1) is 10.1 Å². The minimum Gasteiger partial charge on any atom is -0.490 e. The molecule has 3 aromatic rings. The number of carbonyl (C=O) groups is 1. The zero-order valence-corrected chi connectivity index (χ0v) is 23.0. The number of nitro benzene ring substituents is 1. The molecule has 0 N–H and O–H groups in total. The van der Waals surface area contributed by atoms with Crippen molar-refractivity contribution >= 4 is 57.3 Å². The molecule has 40 heavy (non-hydrogen) atoms. The highest BCUT2D eigenvalue weighted by atomic mass is 32.2. The summed E-state index contributed by atoms with van der Waals surface area (Å²) in [5, 5.41) is 11.5. The summed E-state index contributed by atoms with van der Waals surface area (Å²) in [6.07, 6.45) is -3.13. The van der Waals surface area contributed by atoms with Crippen LogP contribution in [-0.2, 0) is 11.0 Å². The summed E-state index contributed by atoms with van der Waals surface area (Å²) in [5.41, 5.74) is 0.146. The van der Waals surface area contributed by atoms with Crippen LogP contribution in [-0.4, -0.2) is 35.9 Å². The lowest BCUT2D eigenvalue weighted by atomic mass is 10.1. The van der Waals surface area contributed by atoms with Gasteiger partial charge in [0.2, 0.25) is 5.75 Å². The predicted molar refractivity (Wildman–Crippen MR) is 152 cm³/mol. The van der Waals surface area contributed by atoms with Gasteiger partial charge in [0.25, 0.3) is 5.91 Å². The summed E-state index contributed by atoms with van der Waals surface area (Å²) in [6.45, 7) is 1.92. The summed E-state index contributed by atoms with van der Waals surface area (Å²) in [5.74, 6) is -0.449. The van der Waals surface area contributed by atoms with Gasteiger partial charge in [-0.2, -0.15) is 13.2 Å². The molecule has 0 spiro atoms. The molecule has 3 aromatic carbocycles. The highest BCUT2D eigenvalue weighted by Gasteiger charge is 2.34. The number of nitrogens with zero attached hydrogens (tertiary/aromatic N) is 3. The number of amides is 1. The van der Waals surface area contributed by atoms with Gasteiger partial charge in [0.15, 0.2) is 15.8 Å². The Hall–Kier alpha value is -4.10. The van der Waals surface area contributed by atoms with Crippen molar-refractivity contribution in [2.75, 3.05) is 30.5 Å². The van der Waals surface area contributed by atoms with Crippen molar-refractivity contribution in [3.05, 3.63) is 86.8 Å². The quantitative estimate of drug-likeness (QED) is 0.117. The molecule has 8 nitrogen and oxygen atoms in total. The largest absolute Gasteiger partial charge is 0.490 e. The third kappa shape index (κ3) is 6.20. The van der Waals surface area contributed by atoms with Gasteiger partial charge in [0.1, 0.15) is 0 Å². The van der Waals surface area contributed by atoms with Gasteiger partial charge in [0.05, 0.1) is 27.7 Å². The molecule has 4 rings (SSSR count). The molecule has 0 unspecified atom stereocenters. The average Bonchev–Trinajstić information content (AvgIpc) is 3.17. The third-order valence-corrected chi connectivity index (χ3v) is 6.99. The molecule has 1 fully saturated rings. The SMILES string of the molecule is CCOc1cc(/C=C2/SC(=S)N(c3ccc(N(C)C)cc3)C2=O)ccc1Oc1ccc(C(F)(F)F)cc1[N+](=O)[O-]. The van der Waals surface area contributed by atoms with E-state index in [0.29, 0.717) is 32.6 Å². The second-order valence-electron chi connectivity index (χ2n) is 8.61. The number of carbonyl (C=O) groups excluding carboxylic acids is 1. The van der Waals surface area contributed by atoms with E-state index in [0.717, 1.165) is 23.5 Å². The minimum absolute atomic E-state index is 0.0513. The van der Waals surface area contributed by atoms with Gasteiger partial charge in [-0.1, -0.05) is 30.0 Å². The lowest BCUT2D eigenvalue weighted by Crippen LogP contribution is -2.27. The van der Waals surface area contributed by atoms with Crippen molar-refractivity contribution in [3.63, 3.8) is 0 Å². The molecule has 1 aliphatic rings. The first kappa shape index (κ1) is 28.9. The Kier molecular flexibility index (Phi) is 8.35. The Labute approximate surface area is 237 Å². The van der Waals surface area contributed by atoms with E-state index in [4.69, 9.17) is 21.7 Å². The summed E-state index contributed by atoms with van der Waals surface area (Å²) < 4.78 is 50.8. The Morgan fingerprint density at radius 3 is 2.33 bits per heavy atom. The van der Waals surface area contributed by atoms with E-state index >= 15 is 0 Å². The van der Waals surface area contributed by atoms with Gasteiger partial charge in [-0.25, -0.2) is 0 Å². The van der Waals surface area contributed by atoms with E-state index in [1.807, 2.05) is 43.3 Å². The van der Waals surface area contributed by atoms with E-state index in [9.17, 15) is 28.1 Å². The molecule has 0 aliphatic carbocycles. The van der Waals surface area contributed by atoms with Gasteiger partial charge in [-0.15, -0.1) is 0 Å². The molecule has 208 valence electrons. The van der Waals surface area contributed by atoms with Crippen LogP contribution in [0.15, 0.2) is 65.6 Å². The van der Waals surface area contributed by atoms with Crippen LogP contribution < -0.4 is 19.3 Å². The number of thiocarbonyl (C=S) groups is 1. The van der Waals surface area contributed by atoms with Crippen LogP contribution in [0.5, 0.6) is 17.2 Å². The molecule has 0 saturated carbocycles. The third-order valence-electron chi connectivity index (χ3n) is 5.69. The van der Waals surface area contributed by atoms with Crippen molar-refractivity contribution in [1.82, 2.24) is 0 Å². The molecule has 0 atom stereocenters. The van der Waals surface area contributed by atoms with Crippen LogP contribution in [0.3, 0.4) is 0 Å². The number of nitro groups is 1. The molecule has 1 aliphatic heterocycles. The Bertz CT molecular complexity index is 1510. The molecule has 0 radical (unpaired) electrons. The zero-order chi connectivity index (χ0) is 29.2. The lowest BCUT2D eigenvalue weighted by Gasteiger charge is -2.17. The predicted octanol–water partition coefficient (Wildman–Crippen LogP) is 7.28. The molecular weight excluding hydrogens is 567 g/mol. The second-order valence-corrected chi connectivity index (χ2v) is 10.3. The van der Waals surface area contributed by atoms with E-state index in [-0.39, 0.29) is 29.8 Å². The van der Waals surface area contributed by atoms with Crippen molar-refractivity contribution in [3.8, 4) is 17.2 Å². The topological polar surface area (TPSA) is 85.2 Å². The van der Waals surface area contributed by atoms with Crippen LogP contribution in [0.25, 0.3) is 6.08 Å². The zero-order valence-electron chi connectivity index (χ0n) is 21.4. The van der Waals surface area contributed by atoms with E-state index in [1.54, 1.807) is 25.1 Å². The summed E-state index contributed by atoms with van der Waals surface area (Å²) >= 11 is 6.59. The summed E-state index contributed by atoms with van der Waals surface area (Å²) in [4.78, 5) is 27.4. The number of rotatable bonds is 8. The first-order chi connectivity index (χ1) is 18.9. The van der Waals surface area contributed by atoms with E-state index in [2.05, 4.69) is 0 Å². The number of ether oxygens (including phenoxy) is 2. The monoisotopic (exact) mass is 589 g/mol. The van der Waals surface area contributed by atoms with Gasteiger partial charge in [-0.05, 0) is 67.1 Å².